The van der Waals surface area contributed by atoms with Gasteiger partial charge in [-0.1, -0.05) is 84.1 Å². The van der Waals surface area contributed by atoms with E-state index in [1.54, 1.807) is 13.2 Å². The minimum absolute atomic E-state index is 0.143. The second-order valence-corrected chi connectivity index (χ2v) is 14.7. The van der Waals surface area contributed by atoms with Gasteiger partial charge in [0.2, 0.25) is 5.91 Å². The van der Waals surface area contributed by atoms with Crippen LogP contribution >= 0.6 is 0 Å². The van der Waals surface area contributed by atoms with Crippen LogP contribution in [0.2, 0.25) is 0 Å². The highest BCUT2D eigenvalue weighted by Crippen LogP contribution is 2.63. The Morgan fingerprint density at radius 3 is 2.43 bits per heavy atom. The summed E-state index contributed by atoms with van der Waals surface area (Å²) in [6.45, 7) is 6.37. The number of hydrogen-bond donors (Lipinski definition) is 2. The molecule has 250 valence electrons. The van der Waals surface area contributed by atoms with E-state index in [-0.39, 0.29) is 28.9 Å². The van der Waals surface area contributed by atoms with Crippen LogP contribution in [0.5, 0.6) is 5.75 Å². The van der Waals surface area contributed by atoms with Crippen molar-refractivity contribution >= 4 is 5.91 Å². The largest absolute Gasteiger partial charge is 0.508 e. The van der Waals surface area contributed by atoms with E-state index in [0.717, 1.165) is 75.5 Å². The van der Waals surface area contributed by atoms with E-state index >= 15 is 4.39 Å². The molecule has 44 heavy (non-hydrogen) atoms. The quantitative estimate of drug-likeness (QED) is 0.153. The van der Waals surface area contributed by atoms with Crippen LogP contribution in [0.1, 0.15) is 140 Å². The Bertz CT molecular complexity index is 1020. The molecule has 0 radical (unpaired) electrons. The topological polar surface area (TPSA) is 70.0 Å². The minimum Gasteiger partial charge on any atom is -0.508 e. The third-order valence-corrected chi connectivity index (χ3v) is 11.7. The smallest absolute Gasteiger partial charge is 0.222 e. The zero-order valence-electron chi connectivity index (χ0n) is 28.1. The van der Waals surface area contributed by atoms with Gasteiger partial charge < -0.3 is 19.8 Å². The number of hydrogen-bond acceptors (Lipinski definition) is 4. The van der Waals surface area contributed by atoms with Gasteiger partial charge in [0.15, 0.2) is 0 Å². The van der Waals surface area contributed by atoms with Crippen molar-refractivity contribution in [1.29, 1.82) is 0 Å². The molecule has 1 aromatic rings. The molecule has 3 aliphatic rings. The average Bonchev–Trinajstić information content (AvgIpc) is 3.30. The number of rotatable bonds is 19. The van der Waals surface area contributed by atoms with E-state index in [9.17, 15) is 15.0 Å². The number of unbranched alkanes of at least 4 members (excludes halogenated alkanes) is 10. The molecule has 2 fully saturated rings. The van der Waals surface area contributed by atoms with Gasteiger partial charge in [0, 0.05) is 32.5 Å². The fraction of sp³-hybridized carbons (Fsp3) is 0.816. The van der Waals surface area contributed by atoms with Crippen molar-refractivity contribution in [2.75, 3.05) is 26.8 Å². The lowest BCUT2D eigenvalue weighted by Gasteiger charge is -2.54. The Kier molecular flexibility index (Phi) is 13.8. The second kappa shape index (κ2) is 17.3. The van der Waals surface area contributed by atoms with Crippen molar-refractivity contribution in [1.82, 2.24) is 4.90 Å². The van der Waals surface area contributed by atoms with Crippen LogP contribution in [-0.2, 0) is 16.0 Å². The summed E-state index contributed by atoms with van der Waals surface area (Å²) in [6, 6.07) is 5.53. The van der Waals surface area contributed by atoms with Crippen molar-refractivity contribution in [3.63, 3.8) is 0 Å². The number of alkyl halides is 1. The van der Waals surface area contributed by atoms with Crippen LogP contribution in [0.25, 0.3) is 0 Å². The molecule has 0 bridgehead atoms. The van der Waals surface area contributed by atoms with Crippen LogP contribution in [0.15, 0.2) is 18.2 Å². The summed E-state index contributed by atoms with van der Waals surface area (Å²) in [4.78, 5) is 15.1. The van der Waals surface area contributed by atoms with E-state index in [1.165, 1.54) is 44.9 Å². The average molecular weight is 616 g/mol. The number of nitrogens with zero attached hydrogens (tertiary/aromatic N) is 1. The first kappa shape index (κ1) is 35.2. The van der Waals surface area contributed by atoms with Gasteiger partial charge >= 0.3 is 0 Å². The summed E-state index contributed by atoms with van der Waals surface area (Å²) in [6.07, 6.45) is 17.7. The maximum atomic E-state index is 16.0. The summed E-state index contributed by atoms with van der Waals surface area (Å²) in [5, 5.41) is 21.1. The highest BCUT2D eigenvalue weighted by molar-refractivity contribution is 5.76. The molecule has 3 aliphatic carbocycles. The molecule has 0 saturated heterocycles. The Morgan fingerprint density at radius 2 is 1.70 bits per heavy atom. The van der Waals surface area contributed by atoms with Crippen molar-refractivity contribution in [3.8, 4) is 5.75 Å². The summed E-state index contributed by atoms with van der Waals surface area (Å²) in [7, 11) is 1.69. The molecule has 2 saturated carbocycles. The second-order valence-electron chi connectivity index (χ2n) is 14.7. The van der Waals surface area contributed by atoms with Crippen molar-refractivity contribution in [2.45, 2.75) is 148 Å². The molecule has 0 aromatic heterocycles. The number of fused-ring (bicyclic) bond motifs is 5. The number of phenolic OH excluding ortho intramolecular Hbond substituents is 1. The minimum atomic E-state index is -0.966. The fourth-order valence-corrected chi connectivity index (χ4v) is 9.23. The van der Waals surface area contributed by atoms with Crippen LogP contribution in [-0.4, -0.2) is 60.1 Å². The predicted octanol–water partition coefficient (Wildman–Crippen LogP) is 8.74. The maximum Gasteiger partial charge on any atom is 0.222 e. The zero-order chi connectivity index (χ0) is 31.5. The first-order valence-electron chi connectivity index (χ1n) is 18.2. The lowest BCUT2D eigenvalue weighted by molar-refractivity contribution is -0.132. The van der Waals surface area contributed by atoms with Crippen LogP contribution in [0, 0.1) is 23.2 Å². The zero-order valence-corrected chi connectivity index (χ0v) is 28.1. The highest BCUT2D eigenvalue weighted by Gasteiger charge is 2.59. The van der Waals surface area contributed by atoms with Crippen LogP contribution in [0.3, 0.4) is 0 Å². The van der Waals surface area contributed by atoms with Gasteiger partial charge in [-0.3, -0.25) is 4.79 Å². The van der Waals surface area contributed by atoms with Gasteiger partial charge in [0.25, 0.3) is 0 Å². The lowest BCUT2D eigenvalue weighted by atomic mass is 9.51. The Hall–Kier alpha value is -1.66. The van der Waals surface area contributed by atoms with Gasteiger partial charge in [0.05, 0.1) is 12.7 Å². The molecule has 0 spiro atoms. The molecule has 5 nitrogen and oxygen atoms in total. The number of methoxy groups -OCH3 is 1. The molecule has 6 heteroatoms. The van der Waals surface area contributed by atoms with Gasteiger partial charge in [0.1, 0.15) is 11.9 Å². The van der Waals surface area contributed by atoms with E-state index in [0.29, 0.717) is 37.8 Å². The van der Waals surface area contributed by atoms with Crippen molar-refractivity contribution in [3.05, 3.63) is 29.3 Å². The van der Waals surface area contributed by atoms with E-state index in [1.807, 2.05) is 17.0 Å². The number of phenols is 1. The van der Waals surface area contributed by atoms with Crippen LogP contribution in [0.4, 0.5) is 4.39 Å². The van der Waals surface area contributed by atoms with E-state index < -0.39 is 12.3 Å². The first-order chi connectivity index (χ1) is 21.3. The Balaban J connectivity index is 1.26. The number of aliphatic hydroxyl groups excluding tert-OH is 1. The number of halogens is 1. The Morgan fingerprint density at radius 1 is 1.00 bits per heavy atom. The monoisotopic (exact) mass is 615 g/mol. The molecule has 4 rings (SSSR count). The number of amides is 1. The van der Waals surface area contributed by atoms with Crippen molar-refractivity contribution < 1.29 is 24.1 Å². The first-order valence-corrected chi connectivity index (χ1v) is 18.2. The van der Waals surface area contributed by atoms with Gasteiger partial charge in [-0.15, -0.1) is 0 Å². The molecule has 2 N–H and O–H groups in total. The van der Waals surface area contributed by atoms with Gasteiger partial charge in [-0.2, -0.15) is 0 Å². The molecular weight excluding hydrogens is 553 g/mol. The molecule has 1 amide bonds. The van der Waals surface area contributed by atoms with Crippen molar-refractivity contribution in [2.24, 2.45) is 23.2 Å². The molecule has 0 heterocycles. The molecular formula is C38H62FNO4. The number of ether oxygens (including phenoxy) is 1. The predicted molar refractivity (Wildman–Crippen MR) is 177 cm³/mol. The summed E-state index contributed by atoms with van der Waals surface area (Å²) < 4.78 is 21.3. The molecule has 6 unspecified atom stereocenters. The summed E-state index contributed by atoms with van der Waals surface area (Å²) in [5.74, 6) is 1.29. The number of aromatic hydroxyl groups is 1. The Labute approximate surface area is 267 Å². The summed E-state index contributed by atoms with van der Waals surface area (Å²) in [5.41, 5.74) is 1.84. The molecule has 1 aromatic carbocycles. The number of carbonyl (C=O) groups excluding carboxylic acids is 1. The third-order valence-electron chi connectivity index (χ3n) is 11.7. The van der Waals surface area contributed by atoms with Gasteiger partial charge in [-0.25, -0.2) is 4.39 Å². The summed E-state index contributed by atoms with van der Waals surface area (Å²) >= 11 is 0. The van der Waals surface area contributed by atoms with E-state index in [4.69, 9.17) is 4.74 Å². The van der Waals surface area contributed by atoms with Gasteiger partial charge in [-0.05, 0) is 91.4 Å². The molecule has 7 atom stereocenters. The van der Waals surface area contributed by atoms with E-state index in [2.05, 4.69) is 13.8 Å². The standard InChI is InChI=1S/C38H62FNO4/c1-4-5-6-7-8-9-10-11-14-17-35(43)40(23-24-44-3)22-15-12-13-16-28-25-29-26-30(41)18-19-31(29)37-33(39)27-38(2)32(36(28)37)20-21-34(38)42/h18-19,26,28,32-34,36-37,41-42H,4-17,20-25,27H2,1-3H3/t28?,32?,33?,34?,36?,37?,38-/m0/s1. The highest BCUT2D eigenvalue weighted by atomic mass is 19.1. The molecule has 0 aliphatic heterocycles. The number of carbonyl (C=O) groups is 1. The number of benzene rings is 1. The SMILES string of the molecule is CCCCCCCCCCCC(=O)N(CCCCCC1Cc2cc(O)ccc2C2C(F)C[C@]3(C)C(O)CCC3C12)CCOC. The number of aliphatic hydroxyl groups is 1. The maximum absolute atomic E-state index is 16.0. The normalized spacial score (nSPS) is 29.2. The third kappa shape index (κ3) is 8.78. The lowest BCUT2D eigenvalue weighted by Crippen LogP contribution is -2.51. The fourth-order valence-electron chi connectivity index (χ4n) is 9.23. The van der Waals surface area contributed by atoms with Crippen LogP contribution < -0.4 is 0 Å².